The molecule has 0 aliphatic heterocycles. The van der Waals surface area contributed by atoms with Crippen molar-refractivity contribution in [2.75, 3.05) is 13.2 Å². The fourth-order valence-corrected chi connectivity index (χ4v) is 1.91. The number of hydrogen-bond acceptors (Lipinski definition) is 4. The second-order valence-electron chi connectivity index (χ2n) is 4.29. The van der Waals surface area contributed by atoms with Crippen LogP contribution < -0.4 is 9.47 Å². The van der Waals surface area contributed by atoms with E-state index >= 15 is 0 Å². The van der Waals surface area contributed by atoms with Gasteiger partial charge in [-0.05, 0) is 31.2 Å². The van der Waals surface area contributed by atoms with Crippen LogP contribution in [0.4, 0.5) is 0 Å². The van der Waals surface area contributed by atoms with Gasteiger partial charge in [-0.3, -0.25) is 4.98 Å². The first-order valence-corrected chi connectivity index (χ1v) is 6.74. The van der Waals surface area contributed by atoms with Crippen LogP contribution in [-0.2, 0) is 6.42 Å². The number of carboxylic acid groups (broad SMARTS) is 1. The molecular formula is C16H17NO4. The molecular weight excluding hydrogens is 270 g/mol. The highest BCUT2D eigenvalue weighted by molar-refractivity contribution is 5.92. The maximum atomic E-state index is 11.3. The van der Waals surface area contributed by atoms with E-state index in [1.807, 2.05) is 25.1 Å². The van der Waals surface area contributed by atoms with Gasteiger partial charge in [-0.1, -0.05) is 12.1 Å². The lowest BCUT2D eigenvalue weighted by atomic mass is 10.2. The Morgan fingerprint density at radius 3 is 2.71 bits per heavy atom. The van der Waals surface area contributed by atoms with Crippen molar-refractivity contribution in [1.82, 2.24) is 4.98 Å². The minimum absolute atomic E-state index is 0.0990. The predicted molar refractivity (Wildman–Crippen MR) is 78.0 cm³/mol. The SMILES string of the molecule is CCOc1cccc(C(=O)O)c1OCCc1ccccn1. The third-order valence-corrected chi connectivity index (χ3v) is 2.84. The molecule has 1 aromatic carbocycles. The average molecular weight is 287 g/mol. The van der Waals surface area contributed by atoms with Crippen molar-refractivity contribution in [3.05, 3.63) is 53.9 Å². The van der Waals surface area contributed by atoms with E-state index in [4.69, 9.17) is 9.47 Å². The largest absolute Gasteiger partial charge is 0.490 e. The normalized spacial score (nSPS) is 10.1. The number of carbonyl (C=O) groups is 1. The number of rotatable bonds is 7. The van der Waals surface area contributed by atoms with Gasteiger partial charge >= 0.3 is 5.97 Å². The summed E-state index contributed by atoms with van der Waals surface area (Å²) in [5.74, 6) is -0.328. The molecule has 1 heterocycles. The highest BCUT2D eigenvalue weighted by Gasteiger charge is 2.16. The first-order chi connectivity index (χ1) is 10.2. The predicted octanol–water partition coefficient (Wildman–Crippen LogP) is 2.80. The van der Waals surface area contributed by atoms with Gasteiger partial charge in [0.2, 0.25) is 0 Å². The van der Waals surface area contributed by atoms with Crippen molar-refractivity contribution in [3.63, 3.8) is 0 Å². The van der Waals surface area contributed by atoms with Crippen LogP contribution in [0.1, 0.15) is 23.0 Å². The molecule has 1 N–H and O–H groups in total. The molecule has 5 nitrogen and oxygen atoms in total. The van der Waals surface area contributed by atoms with Crippen LogP contribution in [-0.4, -0.2) is 29.3 Å². The van der Waals surface area contributed by atoms with Gasteiger partial charge in [0.15, 0.2) is 11.5 Å². The lowest BCUT2D eigenvalue weighted by molar-refractivity contribution is 0.0691. The van der Waals surface area contributed by atoms with Gasteiger partial charge in [-0.2, -0.15) is 0 Å². The smallest absolute Gasteiger partial charge is 0.339 e. The van der Waals surface area contributed by atoms with Gasteiger partial charge in [0.1, 0.15) is 5.56 Å². The summed E-state index contributed by atoms with van der Waals surface area (Å²) in [5.41, 5.74) is 0.991. The summed E-state index contributed by atoms with van der Waals surface area (Å²) >= 11 is 0. The zero-order chi connectivity index (χ0) is 15.1. The maximum Gasteiger partial charge on any atom is 0.339 e. The van der Waals surface area contributed by atoms with E-state index in [0.29, 0.717) is 25.4 Å². The van der Waals surface area contributed by atoms with Crippen molar-refractivity contribution in [2.24, 2.45) is 0 Å². The van der Waals surface area contributed by atoms with Crippen molar-refractivity contribution in [3.8, 4) is 11.5 Å². The molecule has 1 aromatic heterocycles. The standard InChI is InChI=1S/C16H17NO4/c1-2-20-14-8-5-7-13(16(18)19)15(14)21-11-9-12-6-3-4-10-17-12/h3-8,10H,2,9,11H2,1H3,(H,18,19). The fraction of sp³-hybridized carbons (Fsp3) is 0.250. The Hall–Kier alpha value is -2.56. The van der Waals surface area contributed by atoms with E-state index in [1.165, 1.54) is 6.07 Å². The molecule has 0 saturated carbocycles. The van der Waals surface area contributed by atoms with Crippen molar-refractivity contribution < 1.29 is 19.4 Å². The molecule has 2 aromatic rings. The maximum absolute atomic E-state index is 11.3. The molecule has 2 rings (SSSR count). The van der Waals surface area contributed by atoms with Gasteiger partial charge < -0.3 is 14.6 Å². The second-order valence-corrected chi connectivity index (χ2v) is 4.29. The summed E-state index contributed by atoms with van der Waals surface area (Å²) in [4.78, 5) is 15.5. The van der Waals surface area contributed by atoms with Crippen LogP contribution in [0.3, 0.4) is 0 Å². The Balaban J connectivity index is 2.11. The number of benzene rings is 1. The van der Waals surface area contributed by atoms with Gasteiger partial charge in [0.25, 0.3) is 0 Å². The molecule has 0 aliphatic rings. The number of aromatic nitrogens is 1. The Kier molecular flexibility index (Phi) is 5.15. The molecule has 5 heteroatoms. The van der Waals surface area contributed by atoms with Crippen molar-refractivity contribution >= 4 is 5.97 Å². The molecule has 0 spiro atoms. The number of aromatic carboxylic acids is 1. The Morgan fingerprint density at radius 1 is 1.19 bits per heavy atom. The van der Waals surface area contributed by atoms with Gasteiger partial charge in [-0.25, -0.2) is 4.79 Å². The highest BCUT2D eigenvalue weighted by Crippen LogP contribution is 2.31. The lowest BCUT2D eigenvalue weighted by Gasteiger charge is -2.14. The Labute approximate surface area is 123 Å². The number of ether oxygens (including phenoxy) is 2. The third-order valence-electron chi connectivity index (χ3n) is 2.84. The van der Waals surface area contributed by atoms with Crippen molar-refractivity contribution in [1.29, 1.82) is 0 Å². The van der Waals surface area contributed by atoms with Gasteiger partial charge in [0.05, 0.1) is 13.2 Å². The molecule has 0 unspecified atom stereocenters. The van der Waals surface area contributed by atoms with E-state index in [0.717, 1.165) is 5.69 Å². The second kappa shape index (κ2) is 7.28. The fourth-order valence-electron chi connectivity index (χ4n) is 1.91. The van der Waals surface area contributed by atoms with Crippen LogP contribution in [0.2, 0.25) is 0 Å². The minimum atomic E-state index is -1.04. The Morgan fingerprint density at radius 2 is 2.05 bits per heavy atom. The van der Waals surface area contributed by atoms with E-state index in [-0.39, 0.29) is 11.3 Å². The molecule has 0 bridgehead atoms. The summed E-state index contributed by atoms with van der Waals surface area (Å²) in [7, 11) is 0. The number of para-hydroxylation sites is 1. The summed E-state index contributed by atoms with van der Waals surface area (Å²) < 4.78 is 11.1. The highest BCUT2D eigenvalue weighted by atomic mass is 16.5. The topological polar surface area (TPSA) is 68.7 Å². The van der Waals surface area contributed by atoms with Gasteiger partial charge in [-0.15, -0.1) is 0 Å². The third kappa shape index (κ3) is 3.95. The van der Waals surface area contributed by atoms with Crippen LogP contribution in [0.15, 0.2) is 42.6 Å². The summed E-state index contributed by atoms with van der Waals surface area (Å²) in [6.45, 7) is 2.62. The lowest BCUT2D eigenvalue weighted by Crippen LogP contribution is -2.09. The number of pyridine rings is 1. The number of nitrogens with zero attached hydrogens (tertiary/aromatic N) is 1. The summed E-state index contributed by atoms with van der Waals surface area (Å²) in [6, 6.07) is 10.5. The van der Waals surface area contributed by atoms with Crippen LogP contribution in [0.5, 0.6) is 11.5 Å². The quantitative estimate of drug-likeness (QED) is 0.848. The van der Waals surface area contributed by atoms with Crippen LogP contribution >= 0.6 is 0 Å². The van der Waals surface area contributed by atoms with E-state index in [9.17, 15) is 9.90 Å². The Bertz CT molecular complexity index is 598. The molecule has 0 atom stereocenters. The van der Waals surface area contributed by atoms with Crippen molar-refractivity contribution in [2.45, 2.75) is 13.3 Å². The first kappa shape index (κ1) is 14.8. The molecule has 0 fully saturated rings. The summed E-state index contributed by atoms with van der Waals surface area (Å²) in [6.07, 6.45) is 2.31. The van der Waals surface area contributed by atoms with Crippen LogP contribution in [0, 0.1) is 0 Å². The molecule has 0 aliphatic carbocycles. The molecule has 0 saturated heterocycles. The zero-order valence-electron chi connectivity index (χ0n) is 11.8. The van der Waals surface area contributed by atoms with E-state index < -0.39 is 5.97 Å². The van der Waals surface area contributed by atoms with Gasteiger partial charge in [0, 0.05) is 18.3 Å². The number of hydrogen-bond donors (Lipinski definition) is 1. The number of carboxylic acids is 1. The van der Waals surface area contributed by atoms with E-state index in [2.05, 4.69) is 4.98 Å². The monoisotopic (exact) mass is 287 g/mol. The average Bonchev–Trinajstić information content (AvgIpc) is 2.49. The molecule has 110 valence electrons. The minimum Gasteiger partial charge on any atom is -0.490 e. The van der Waals surface area contributed by atoms with Crippen LogP contribution in [0.25, 0.3) is 0 Å². The summed E-state index contributed by atoms with van der Waals surface area (Å²) in [5, 5.41) is 9.23. The molecule has 21 heavy (non-hydrogen) atoms. The molecule has 0 amide bonds. The zero-order valence-corrected chi connectivity index (χ0v) is 11.8. The first-order valence-electron chi connectivity index (χ1n) is 6.74. The molecule has 0 radical (unpaired) electrons. The van der Waals surface area contributed by atoms with E-state index in [1.54, 1.807) is 18.3 Å².